The average Bonchev–Trinajstić information content (AvgIpc) is 2.14. The monoisotopic (exact) mass is 264 g/mol. The zero-order valence-electron chi connectivity index (χ0n) is 11.3. The third kappa shape index (κ3) is 7.31. The molecule has 17 heavy (non-hydrogen) atoms. The van der Waals surface area contributed by atoms with Crippen LogP contribution in [0.25, 0.3) is 0 Å². The van der Waals surface area contributed by atoms with Crippen LogP contribution >= 0.6 is 7.60 Å². The summed E-state index contributed by atoms with van der Waals surface area (Å²) >= 11 is 0. The fourth-order valence-corrected chi connectivity index (χ4v) is 2.70. The molecule has 6 heteroatoms. The number of hydrogen-bond acceptors (Lipinski definition) is 4. The fraction of sp³-hybridized carbons (Fsp3) is 0.727. The number of carbonyl (C=O) groups excluding carboxylic acids is 1. The number of likely N-dealkylation sites (N-methyl/N-ethyl adjacent to an activating group) is 1. The van der Waals surface area contributed by atoms with Crippen molar-refractivity contribution in [2.24, 2.45) is 0 Å². The molecule has 0 bridgehead atoms. The predicted molar refractivity (Wildman–Crippen MR) is 67.9 cm³/mol. The Morgan fingerprint density at radius 1 is 1.47 bits per heavy atom. The molecule has 0 radical (unpaired) electrons. The lowest BCUT2D eigenvalue weighted by molar-refractivity contribution is -0.873. The summed E-state index contributed by atoms with van der Waals surface area (Å²) in [7, 11) is 2.67. The molecule has 0 saturated heterocycles. The number of hydrogen-bond donors (Lipinski definition) is 0. The molecule has 0 aliphatic rings. The van der Waals surface area contributed by atoms with E-state index in [0.717, 1.165) is 6.08 Å². The molecule has 2 atom stereocenters. The lowest BCUT2D eigenvalue weighted by Crippen LogP contribution is -2.41. The summed E-state index contributed by atoms with van der Waals surface area (Å²) in [6.07, 6.45) is 0.892. The first-order valence-electron chi connectivity index (χ1n) is 5.56. The molecular formula is C11H23NO4P+. The molecular weight excluding hydrogens is 241 g/mol. The quantitative estimate of drug-likeness (QED) is 0.401. The van der Waals surface area contributed by atoms with Crippen molar-refractivity contribution in [3.8, 4) is 0 Å². The maximum atomic E-state index is 12.1. The zero-order valence-corrected chi connectivity index (χ0v) is 12.2. The van der Waals surface area contributed by atoms with Gasteiger partial charge in [0.25, 0.3) is 0 Å². The Morgan fingerprint density at radius 3 is 2.35 bits per heavy atom. The van der Waals surface area contributed by atoms with E-state index in [0.29, 0.717) is 11.0 Å². The Kier molecular flexibility index (Phi) is 6.10. The van der Waals surface area contributed by atoms with Crippen molar-refractivity contribution in [3.05, 3.63) is 12.7 Å². The third-order valence-corrected chi connectivity index (χ3v) is 3.84. The molecule has 0 N–H and O–H groups in total. The highest BCUT2D eigenvalue weighted by molar-refractivity contribution is 7.54. The van der Waals surface area contributed by atoms with Gasteiger partial charge in [-0.2, -0.15) is 0 Å². The van der Waals surface area contributed by atoms with Crippen molar-refractivity contribution in [2.45, 2.75) is 20.0 Å². The summed E-state index contributed by atoms with van der Waals surface area (Å²) < 4.78 is 23.0. The van der Waals surface area contributed by atoms with Crippen LogP contribution in [-0.4, -0.2) is 50.4 Å². The molecule has 0 fully saturated rings. The molecule has 5 nitrogen and oxygen atoms in total. The molecule has 0 heterocycles. The zero-order chi connectivity index (χ0) is 13.7. The maximum Gasteiger partial charge on any atom is 0.381 e. The minimum absolute atomic E-state index is 0.161. The number of nitrogens with zero attached hydrogens (tertiary/aromatic N) is 1. The van der Waals surface area contributed by atoms with Crippen molar-refractivity contribution < 1.29 is 22.9 Å². The highest BCUT2D eigenvalue weighted by Crippen LogP contribution is 2.49. The van der Waals surface area contributed by atoms with E-state index in [1.54, 1.807) is 6.92 Å². The summed E-state index contributed by atoms with van der Waals surface area (Å²) in [6, 6.07) is 0. The van der Waals surface area contributed by atoms with Crippen LogP contribution in [0, 0.1) is 0 Å². The van der Waals surface area contributed by atoms with Gasteiger partial charge in [-0.15, -0.1) is 0 Å². The van der Waals surface area contributed by atoms with E-state index in [1.165, 1.54) is 0 Å². The van der Waals surface area contributed by atoms with Gasteiger partial charge in [0.05, 0.1) is 27.3 Å². The first kappa shape index (κ1) is 16.4. The highest BCUT2D eigenvalue weighted by atomic mass is 31.2. The molecule has 0 amide bonds. The van der Waals surface area contributed by atoms with Crippen molar-refractivity contribution in [1.29, 1.82) is 0 Å². The number of carbonyl (C=O) groups is 1. The van der Waals surface area contributed by atoms with Gasteiger partial charge in [0, 0.05) is 6.08 Å². The summed E-state index contributed by atoms with van der Waals surface area (Å²) in [5.41, 5.74) is 0. The van der Waals surface area contributed by atoms with Gasteiger partial charge in [-0.1, -0.05) is 13.5 Å². The SMILES string of the molecule is C=CC(=O)OP(=O)(CC)OC(C)C[N+](C)(C)C. The van der Waals surface area contributed by atoms with Gasteiger partial charge in [0.1, 0.15) is 12.6 Å². The van der Waals surface area contributed by atoms with E-state index in [9.17, 15) is 9.36 Å². The molecule has 0 spiro atoms. The van der Waals surface area contributed by atoms with Gasteiger partial charge >= 0.3 is 13.6 Å². The molecule has 0 aromatic heterocycles. The van der Waals surface area contributed by atoms with Gasteiger partial charge in [-0.25, -0.2) is 9.36 Å². The summed E-state index contributed by atoms with van der Waals surface area (Å²) in [5.74, 6) is -0.715. The molecule has 2 unspecified atom stereocenters. The van der Waals surface area contributed by atoms with Gasteiger partial charge < -0.3 is 9.01 Å². The van der Waals surface area contributed by atoms with E-state index < -0.39 is 13.6 Å². The van der Waals surface area contributed by atoms with Gasteiger partial charge in [0.15, 0.2) is 0 Å². The van der Waals surface area contributed by atoms with Crippen LogP contribution in [0.2, 0.25) is 0 Å². The van der Waals surface area contributed by atoms with Crippen LogP contribution in [0.5, 0.6) is 0 Å². The van der Waals surface area contributed by atoms with Crippen molar-refractivity contribution in [2.75, 3.05) is 33.8 Å². The second-order valence-corrected chi connectivity index (χ2v) is 7.18. The Hall–Kier alpha value is -0.640. The highest BCUT2D eigenvalue weighted by Gasteiger charge is 2.30. The predicted octanol–water partition coefficient (Wildman–Crippen LogP) is 2.04. The number of quaternary nitrogens is 1. The van der Waals surface area contributed by atoms with Crippen LogP contribution in [0.15, 0.2) is 12.7 Å². The molecule has 0 aromatic carbocycles. The van der Waals surface area contributed by atoms with E-state index >= 15 is 0 Å². The molecule has 0 rings (SSSR count). The Bertz CT molecular complexity index is 322. The number of rotatable bonds is 7. The van der Waals surface area contributed by atoms with E-state index in [4.69, 9.17) is 9.05 Å². The smallest absolute Gasteiger partial charge is 0.381 e. The van der Waals surface area contributed by atoms with Crippen LogP contribution < -0.4 is 0 Å². The lowest BCUT2D eigenvalue weighted by atomic mass is 10.3. The average molecular weight is 264 g/mol. The molecule has 0 aliphatic carbocycles. The first-order chi connectivity index (χ1) is 7.62. The minimum atomic E-state index is -3.35. The Labute approximate surface area is 104 Å². The fourth-order valence-electron chi connectivity index (χ4n) is 1.41. The van der Waals surface area contributed by atoms with Crippen LogP contribution in [-0.2, 0) is 18.4 Å². The standard InChI is InChI=1S/C11H23NO4P/c1-7-11(13)16-17(14,8-2)15-10(3)9-12(4,5)6/h7,10H,1,8-9H2,2-6H3/q+1. The molecule has 0 saturated carbocycles. The molecule has 100 valence electrons. The molecule has 0 aliphatic heterocycles. The van der Waals surface area contributed by atoms with E-state index in [2.05, 4.69) is 6.58 Å². The Morgan fingerprint density at radius 2 is 2.00 bits per heavy atom. The topological polar surface area (TPSA) is 52.6 Å². The summed E-state index contributed by atoms with van der Waals surface area (Å²) in [5, 5.41) is 0. The van der Waals surface area contributed by atoms with Crippen LogP contribution in [0.3, 0.4) is 0 Å². The summed E-state index contributed by atoms with van der Waals surface area (Å²) in [6.45, 7) is 7.42. The van der Waals surface area contributed by atoms with Gasteiger partial charge in [0.2, 0.25) is 0 Å². The van der Waals surface area contributed by atoms with E-state index in [-0.39, 0.29) is 12.3 Å². The third-order valence-electron chi connectivity index (χ3n) is 1.93. The lowest BCUT2D eigenvalue weighted by Gasteiger charge is -2.28. The largest absolute Gasteiger partial charge is 0.388 e. The van der Waals surface area contributed by atoms with E-state index in [1.807, 2.05) is 28.1 Å². The maximum absolute atomic E-state index is 12.1. The minimum Gasteiger partial charge on any atom is -0.388 e. The van der Waals surface area contributed by atoms with Crippen LogP contribution in [0.4, 0.5) is 0 Å². The normalized spacial score (nSPS) is 17.0. The Balaban J connectivity index is 4.53. The van der Waals surface area contributed by atoms with Crippen LogP contribution in [0.1, 0.15) is 13.8 Å². The summed E-state index contributed by atoms with van der Waals surface area (Å²) in [4.78, 5) is 11.1. The first-order valence-corrected chi connectivity index (χ1v) is 7.28. The van der Waals surface area contributed by atoms with Crippen molar-refractivity contribution in [3.63, 3.8) is 0 Å². The van der Waals surface area contributed by atoms with Gasteiger partial charge in [-0.05, 0) is 6.92 Å². The van der Waals surface area contributed by atoms with Crippen molar-refractivity contribution >= 4 is 13.6 Å². The second kappa shape index (κ2) is 6.34. The molecule has 0 aromatic rings. The van der Waals surface area contributed by atoms with Gasteiger partial charge in [-0.3, -0.25) is 4.52 Å². The second-order valence-electron chi connectivity index (χ2n) is 4.93. The van der Waals surface area contributed by atoms with Crippen molar-refractivity contribution in [1.82, 2.24) is 0 Å².